The van der Waals surface area contributed by atoms with Gasteiger partial charge in [0.05, 0.1) is 17.7 Å². The fourth-order valence-electron chi connectivity index (χ4n) is 4.57. The van der Waals surface area contributed by atoms with E-state index in [2.05, 4.69) is 18.2 Å². The van der Waals surface area contributed by atoms with E-state index in [1.165, 1.54) is 5.56 Å². The normalized spacial score (nSPS) is 24.5. The maximum absolute atomic E-state index is 13.3. The van der Waals surface area contributed by atoms with Crippen LogP contribution in [0.4, 0.5) is 0 Å². The molecule has 0 saturated heterocycles. The van der Waals surface area contributed by atoms with Gasteiger partial charge >= 0.3 is 0 Å². The lowest BCUT2D eigenvalue weighted by Gasteiger charge is -2.35. The Morgan fingerprint density at radius 2 is 1.92 bits per heavy atom. The Hall–Kier alpha value is -2.44. The maximum Gasteiger partial charge on any atom is 0.169 e. The highest BCUT2D eigenvalue weighted by Gasteiger charge is 2.47. The molecule has 3 heteroatoms. The number of hydrogen-bond acceptors (Lipinski definition) is 3. The molecule has 2 aliphatic rings. The van der Waals surface area contributed by atoms with Gasteiger partial charge in [0.1, 0.15) is 0 Å². The molecule has 0 aliphatic heterocycles. The van der Waals surface area contributed by atoms with Crippen LogP contribution in [0.3, 0.4) is 0 Å². The van der Waals surface area contributed by atoms with Crippen LogP contribution in [0.2, 0.25) is 0 Å². The van der Waals surface area contributed by atoms with Crippen molar-refractivity contribution in [3.8, 4) is 17.2 Å². The largest absolute Gasteiger partial charge is 0.379 e. The molecule has 0 amide bonds. The second-order valence-electron chi connectivity index (χ2n) is 7.51. The average Bonchev–Trinajstić information content (AvgIpc) is 2.95. The Labute approximate surface area is 154 Å². The van der Waals surface area contributed by atoms with Gasteiger partial charge < -0.3 is 4.74 Å². The summed E-state index contributed by atoms with van der Waals surface area (Å²) in [5.41, 5.74) is 4.46. The van der Waals surface area contributed by atoms with E-state index in [1.54, 1.807) is 6.07 Å². The molecule has 26 heavy (non-hydrogen) atoms. The van der Waals surface area contributed by atoms with Crippen LogP contribution >= 0.6 is 0 Å². The molecule has 0 heterocycles. The van der Waals surface area contributed by atoms with E-state index in [1.807, 2.05) is 31.2 Å². The summed E-state index contributed by atoms with van der Waals surface area (Å²) in [7, 11) is 0. The smallest absolute Gasteiger partial charge is 0.169 e. The third-order valence-corrected chi connectivity index (χ3v) is 5.98. The van der Waals surface area contributed by atoms with Gasteiger partial charge in [-0.15, -0.1) is 0 Å². The second kappa shape index (κ2) is 6.70. The molecule has 1 spiro atoms. The highest BCUT2D eigenvalue weighted by Crippen LogP contribution is 2.48. The number of rotatable bonds is 3. The first kappa shape index (κ1) is 17.0. The summed E-state index contributed by atoms with van der Waals surface area (Å²) in [6, 6.07) is 15.9. The van der Waals surface area contributed by atoms with Crippen LogP contribution < -0.4 is 0 Å². The summed E-state index contributed by atoms with van der Waals surface area (Å²) in [4.78, 5) is 13.3. The number of benzene rings is 2. The van der Waals surface area contributed by atoms with Crippen molar-refractivity contribution in [1.82, 2.24) is 0 Å². The van der Waals surface area contributed by atoms with Crippen LogP contribution in [-0.4, -0.2) is 18.5 Å². The van der Waals surface area contributed by atoms with Crippen LogP contribution in [0.25, 0.3) is 11.1 Å². The molecular weight excluding hydrogens is 322 g/mol. The molecule has 0 N–H and O–H groups in total. The fourth-order valence-corrected chi connectivity index (χ4v) is 4.57. The molecule has 2 aromatic carbocycles. The topological polar surface area (TPSA) is 50.1 Å². The quantitative estimate of drug-likeness (QED) is 0.792. The standard InChI is InChI=1S/C23H23NO2/c1-2-26-20-8-10-23(11-9-20)14-19-7-6-18(13-21(19)22(23)25)17-5-3-4-16(12-17)15-24/h3-7,12-13,20H,2,8-11,14H2,1H3. The average molecular weight is 345 g/mol. The molecule has 0 aromatic heterocycles. The number of ether oxygens (including phenoxy) is 1. The summed E-state index contributed by atoms with van der Waals surface area (Å²) in [5, 5.41) is 9.12. The van der Waals surface area contributed by atoms with E-state index in [-0.39, 0.29) is 5.41 Å². The van der Waals surface area contributed by atoms with Gasteiger partial charge in [0.2, 0.25) is 0 Å². The van der Waals surface area contributed by atoms with Crippen LogP contribution in [0.5, 0.6) is 0 Å². The van der Waals surface area contributed by atoms with Crippen molar-refractivity contribution in [2.45, 2.75) is 45.1 Å². The lowest BCUT2D eigenvalue weighted by atomic mass is 9.70. The van der Waals surface area contributed by atoms with E-state index in [0.717, 1.165) is 55.4 Å². The first-order chi connectivity index (χ1) is 12.6. The van der Waals surface area contributed by atoms with Gasteiger partial charge in [0, 0.05) is 17.6 Å². The molecular formula is C23H23NO2. The minimum absolute atomic E-state index is 0.219. The molecule has 3 nitrogen and oxygen atoms in total. The third kappa shape index (κ3) is 2.85. The lowest BCUT2D eigenvalue weighted by Crippen LogP contribution is -2.35. The molecule has 0 radical (unpaired) electrons. The fraction of sp³-hybridized carbons (Fsp3) is 0.391. The number of carbonyl (C=O) groups is 1. The van der Waals surface area contributed by atoms with Crippen molar-refractivity contribution in [2.75, 3.05) is 6.61 Å². The third-order valence-electron chi connectivity index (χ3n) is 5.98. The van der Waals surface area contributed by atoms with E-state index in [9.17, 15) is 4.79 Å². The van der Waals surface area contributed by atoms with Gasteiger partial charge in [-0.3, -0.25) is 4.79 Å². The first-order valence-electron chi connectivity index (χ1n) is 9.45. The van der Waals surface area contributed by atoms with E-state index >= 15 is 0 Å². The predicted octanol–water partition coefficient (Wildman–Crippen LogP) is 4.93. The van der Waals surface area contributed by atoms with Crippen molar-refractivity contribution >= 4 is 5.78 Å². The second-order valence-corrected chi connectivity index (χ2v) is 7.51. The minimum Gasteiger partial charge on any atom is -0.379 e. The Morgan fingerprint density at radius 1 is 1.15 bits per heavy atom. The van der Waals surface area contributed by atoms with Gasteiger partial charge in [-0.1, -0.05) is 24.3 Å². The van der Waals surface area contributed by atoms with Crippen molar-refractivity contribution in [2.24, 2.45) is 5.41 Å². The molecule has 0 bridgehead atoms. The van der Waals surface area contributed by atoms with Crippen molar-refractivity contribution < 1.29 is 9.53 Å². The highest BCUT2D eigenvalue weighted by molar-refractivity contribution is 6.05. The first-order valence-corrected chi connectivity index (χ1v) is 9.45. The van der Waals surface area contributed by atoms with Crippen molar-refractivity contribution in [3.63, 3.8) is 0 Å². The summed E-state index contributed by atoms with van der Waals surface area (Å²) in [6.07, 6.45) is 4.97. The number of fused-ring (bicyclic) bond motifs is 1. The Bertz CT molecular complexity index is 885. The summed E-state index contributed by atoms with van der Waals surface area (Å²) in [5.74, 6) is 0.306. The molecule has 2 aliphatic carbocycles. The number of hydrogen-bond donors (Lipinski definition) is 0. The van der Waals surface area contributed by atoms with Crippen LogP contribution in [0.15, 0.2) is 42.5 Å². The van der Waals surface area contributed by atoms with Gasteiger partial charge in [-0.2, -0.15) is 5.26 Å². The van der Waals surface area contributed by atoms with Gasteiger partial charge in [-0.05, 0) is 73.9 Å². The van der Waals surface area contributed by atoms with Crippen LogP contribution in [0.1, 0.15) is 54.1 Å². The van der Waals surface area contributed by atoms with Crippen LogP contribution in [-0.2, 0) is 11.2 Å². The van der Waals surface area contributed by atoms with Gasteiger partial charge in [-0.25, -0.2) is 0 Å². The van der Waals surface area contributed by atoms with Gasteiger partial charge in [0.25, 0.3) is 0 Å². The predicted molar refractivity (Wildman–Crippen MR) is 101 cm³/mol. The molecule has 1 saturated carbocycles. The molecule has 0 unspecified atom stereocenters. The lowest BCUT2D eigenvalue weighted by molar-refractivity contribution is 0.00748. The Kier molecular flexibility index (Phi) is 4.38. The number of nitrogens with zero attached hydrogens (tertiary/aromatic N) is 1. The summed E-state index contributed by atoms with van der Waals surface area (Å²) in [6.45, 7) is 2.78. The van der Waals surface area contributed by atoms with Crippen molar-refractivity contribution in [3.05, 3.63) is 59.2 Å². The number of ketones is 1. The van der Waals surface area contributed by atoms with E-state index in [0.29, 0.717) is 17.5 Å². The number of Topliss-reactive ketones (excluding diaryl/α,β-unsaturated/α-hetero) is 1. The zero-order valence-corrected chi connectivity index (χ0v) is 15.1. The summed E-state index contributed by atoms with van der Waals surface area (Å²) < 4.78 is 5.76. The number of carbonyl (C=O) groups excluding carboxylic acids is 1. The molecule has 4 rings (SSSR count). The molecule has 0 atom stereocenters. The van der Waals surface area contributed by atoms with E-state index in [4.69, 9.17) is 10.00 Å². The molecule has 2 aromatic rings. The Balaban J connectivity index is 1.61. The Morgan fingerprint density at radius 3 is 2.65 bits per heavy atom. The molecule has 1 fully saturated rings. The van der Waals surface area contributed by atoms with Gasteiger partial charge in [0.15, 0.2) is 5.78 Å². The monoisotopic (exact) mass is 345 g/mol. The van der Waals surface area contributed by atoms with Crippen molar-refractivity contribution in [1.29, 1.82) is 5.26 Å². The minimum atomic E-state index is -0.219. The molecule has 132 valence electrons. The highest BCUT2D eigenvalue weighted by atomic mass is 16.5. The SMILES string of the molecule is CCOC1CCC2(CC1)Cc1ccc(-c3cccc(C#N)c3)cc1C2=O. The zero-order chi connectivity index (χ0) is 18.1. The van der Waals surface area contributed by atoms with E-state index < -0.39 is 0 Å². The maximum atomic E-state index is 13.3. The number of nitriles is 1. The zero-order valence-electron chi connectivity index (χ0n) is 15.1. The summed E-state index contributed by atoms with van der Waals surface area (Å²) >= 11 is 0. The van der Waals surface area contributed by atoms with Crippen LogP contribution in [0, 0.1) is 16.7 Å².